The lowest BCUT2D eigenvalue weighted by molar-refractivity contribution is -0.119. The van der Waals surface area contributed by atoms with Crippen molar-refractivity contribution >= 4 is 11.8 Å². The van der Waals surface area contributed by atoms with Gasteiger partial charge in [-0.25, -0.2) is 0 Å². The summed E-state index contributed by atoms with van der Waals surface area (Å²) in [6.45, 7) is 6.25. The Bertz CT molecular complexity index is 931. The predicted octanol–water partition coefficient (Wildman–Crippen LogP) is 1.63. The van der Waals surface area contributed by atoms with Crippen LogP contribution in [0.5, 0.6) is 5.75 Å². The summed E-state index contributed by atoms with van der Waals surface area (Å²) in [4.78, 5) is 34.4. The number of pyridine rings is 1. The van der Waals surface area contributed by atoms with Gasteiger partial charge in [-0.3, -0.25) is 19.5 Å². The molecule has 0 radical (unpaired) electrons. The van der Waals surface area contributed by atoms with E-state index in [0.29, 0.717) is 18.6 Å². The van der Waals surface area contributed by atoms with E-state index in [1.165, 1.54) is 5.56 Å². The van der Waals surface area contributed by atoms with E-state index in [4.69, 9.17) is 4.74 Å². The molecule has 2 fully saturated rings. The second-order valence-corrected chi connectivity index (χ2v) is 8.87. The molecule has 176 valence electrons. The molecule has 2 aliphatic rings. The molecule has 0 bridgehead atoms. The Morgan fingerprint density at radius 1 is 1.21 bits per heavy atom. The molecule has 0 spiro atoms. The first-order valence-electron chi connectivity index (χ1n) is 11.7. The molecule has 0 unspecified atom stereocenters. The van der Waals surface area contributed by atoms with Crippen molar-refractivity contribution in [2.45, 2.75) is 25.4 Å². The maximum atomic E-state index is 12.5. The number of piperazine rings is 1. The van der Waals surface area contributed by atoms with Gasteiger partial charge in [-0.05, 0) is 43.3 Å². The molecule has 2 saturated heterocycles. The molecule has 2 aromatic rings. The molecular formula is C25H33N5O3. The third kappa shape index (κ3) is 6.76. The van der Waals surface area contributed by atoms with Gasteiger partial charge in [0.2, 0.25) is 5.91 Å². The van der Waals surface area contributed by atoms with Gasteiger partial charge in [0, 0.05) is 70.7 Å². The first-order valence-corrected chi connectivity index (χ1v) is 11.7. The molecule has 1 aromatic heterocycles. The van der Waals surface area contributed by atoms with Crippen LogP contribution >= 0.6 is 0 Å². The van der Waals surface area contributed by atoms with Crippen molar-refractivity contribution in [2.24, 2.45) is 0 Å². The summed E-state index contributed by atoms with van der Waals surface area (Å²) in [5.41, 5.74) is 1.84. The van der Waals surface area contributed by atoms with E-state index in [1.807, 2.05) is 23.1 Å². The first kappa shape index (κ1) is 23.2. The van der Waals surface area contributed by atoms with Crippen molar-refractivity contribution < 1.29 is 14.3 Å². The fourth-order valence-electron chi connectivity index (χ4n) is 4.44. The highest BCUT2D eigenvalue weighted by Crippen LogP contribution is 2.16. The molecule has 8 nitrogen and oxygen atoms in total. The maximum Gasteiger partial charge on any atom is 0.255 e. The highest BCUT2D eigenvalue weighted by Gasteiger charge is 2.23. The lowest BCUT2D eigenvalue weighted by Crippen LogP contribution is -2.49. The van der Waals surface area contributed by atoms with Crippen molar-refractivity contribution in [1.29, 1.82) is 0 Å². The molecule has 0 aliphatic carbocycles. The van der Waals surface area contributed by atoms with Crippen LogP contribution in [0.25, 0.3) is 0 Å². The molecule has 2 aliphatic heterocycles. The largest absolute Gasteiger partial charge is 0.492 e. The third-order valence-electron chi connectivity index (χ3n) is 6.21. The summed E-state index contributed by atoms with van der Waals surface area (Å²) in [7, 11) is 2.08. The SMILES string of the molecule is CN(Cc1cccc(OCCN2CCN(C(=O)c3cccnc3)CC2)c1)C[C@@H]1CCC(=O)N1. The molecule has 1 atom stereocenters. The molecule has 8 heteroatoms. The Morgan fingerprint density at radius 3 is 2.79 bits per heavy atom. The van der Waals surface area contributed by atoms with Crippen LogP contribution in [0.2, 0.25) is 0 Å². The van der Waals surface area contributed by atoms with Crippen molar-refractivity contribution in [3.63, 3.8) is 0 Å². The van der Waals surface area contributed by atoms with E-state index in [-0.39, 0.29) is 17.9 Å². The van der Waals surface area contributed by atoms with E-state index in [1.54, 1.807) is 18.5 Å². The van der Waals surface area contributed by atoms with Gasteiger partial charge in [-0.1, -0.05) is 12.1 Å². The van der Waals surface area contributed by atoms with Gasteiger partial charge >= 0.3 is 0 Å². The number of rotatable bonds is 9. The molecule has 1 N–H and O–H groups in total. The summed E-state index contributed by atoms with van der Waals surface area (Å²) < 4.78 is 6.02. The Morgan fingerprint density at radius 2 is 2.06 bits per heavy atom. The Labute approximate surface area is 195 Å². The number of hydrogen-bond donors (Lipinski definition) is 1. The number of benzene rings is 1. The van der Waals surface area contributed by atoms with Gasteiger partial charge < -0.3 is 19.9 Å². The van der Waals surface area contributed by atoms with Crippen molar-refractivity contribution in [3.05, 3.63) is 59.9 Å². The number of nitrogens with zero attached hydrogens (tertiary/aromatic N) is 4. The second-order valence-electron chi connectivity index (χ2n) is 8.87. The molecule has 3 heterocycles. The lowest BCUT2D eigenvalue weighted by Gasteiger charge is -2.34. The van der Waals surface area contributed by atoms with Gasteiger partial charge in [0.1, 0.15) is 12.4 Å². The van der Waals surface area contributed by atoms with Crippen molar-refractivity contribution in [3.8, 4) is 5.75 Å². The van der Waals surface area contributed by atoms with E-state index in [0.717, 1.165) is 58.0 Å². The van der Waals surface area contributed by atoms with Gasteiger partial charge in [-0.2, -0.15) is 0 Å². The summed E-state index contributed by atoms with van der Waals surface area (Å²) in [5, 5.41) is 3.02. The molecule has 33 heavy (non-hydrogen) atoms. The average Bonchev–Trinajstić information content (AvgIpc) is 3.24. The minimum absolute atomic E-state index is 0.0519. The van der Waals surface area contributed by atoms with Crippen LogP contribution in [0.3, 0.4) is 0 Å². The molecule has 1 aromatic carbocycles. The fraction of sp³-hybridized carbons (Fsp3) is 0.480. The van der Waals surface area contributed by atoms with Gasteiger partial charge in [-0.15, -0.1) is 0 Å². The zero-order valence-corrected chi connectivity index (χ0v) is 19.3. The maximum absolute atomic E-state index is 12.5. The van der Waals surface area contributed by atoms with Crippen LogP contribution in [0.15, 0.2) is 48.8 Å². The fourth-order valence-corrected chi connectivity index (χ4v) is 4.44. The van der Waals surface area contributed by atoms with Gasteiger partial charge in [0.15, 0.2) is 0 Å². The van der Waals surface area contributed by atoms with Crippen LogP contribution in [0, 0.1) is 0 Å². The number of amides is 2. The van der Waals surface area contributed by atoms with Crippen LogP contribution in [-0.4, -0.2) is 90.5 Å². The van der Waals surface area contributed by atoms with E-state index in [2.05, 4.69) is 39.3 Å². The molecule has 0 saturated carbocycles. The number of hydrogen-bond acceptors (Lipinski definition) is 6. The first-order chi connectivity index (χ1) is 16.1. The standard InChI is InChI=1S/C25H33N5O3/c1-28(19-22-7-8-24(31)27-22)18-20-4-2-6-23(16-20)33-15-14-29-10-12-30(13-11-29)25(32)21-5-3-9-26-17-21/h2-6,9,16-17,22H,7-8,10-15,18-19H2,1H3,(H,27,31)/t22-/m0/s1. The van der Waals surface area contributed by atoms with E-state index in [9.17, 15) is 9.59 Å². The number of carbonyl (C=O) groups excluding carboxylic acids is 2. The molecular weight excluding hydrogens is 418 g/mol. The Balaban J connectivity index is 1.17. The minimum atomic E-state index is 0.0519. The zero-order chi connectivity index (χ0) is 23.0. The summed E-state index contributed by atoms with van der Waals surface area (Å²) >= 11 is 0. The molecule has 2 amide bonds. The topological polar surface area (TPSA) is 78.0 Å². The monoisotopic (exact) mass is 451 g/mol. The van der Waals surface area contributed by atoms with E-state index >= 15 is 0 Å². The normalized spacial score (nSPS) is 19.0. The Kier molecular flexibility index (Phi) is 7.91. The quantitative estimate of drug-likeness (QED) is 0.625. The summed E-state index contributed by atoms with van der Waals surface area (Å²) in [6, 6.07) is 12.1. The summed E-state index contributed by atoms with van der Waals surface area (Å²) in [5.74, 6) is 1.09. The number of aromatic nitrogens is 1. The van der Waals surface area contributed by atoms with Crippen LogP contribution < -0.4 is 10.1 Å². The minimum Gasteiger partial charge on any atom is -0.492 e. The van der Waals surface area contributed by atoms with Crippen LogP contribution in [0.4, 0.5) is 0 Å². The number of carbonyl (C=O) groups is 2. The van der Waals surface area contributed by atoms with Crippen molar-refractivity contribution in [1.82, 2.24) is 25.0 Å². The highest BCUT2D eigenvalue weighted by atomic mass is 16.5. The number of likely N-dealkylation sites (N-methyl/N-ethyl adjacent to an activating group) is 1. The third-order valence-corrected chi connectivity index (χ3v) is 6.21. The van der Waals surface area contributed by atoms with Crippen molar-refractivity contribution in [2.75, 3.05) is 52.9 Å². The second kappa shape index (κ2) is 11.2. The predicted molar refractivity (Wildman–Crippen MR) is 126 cm³/mol. The van der Waals surface area contributed by atoms with Gasteiger partial charge in [0.05, 0.1) is 5.56 Å². The average molecular weight is 452 g/mol. The van der Waals surface area contributed by atoms with Gasteiger partial charge in [0.25, 0.3) is 5.91 Å². The smallest absolute Gasteiger partial charge is 0.255 e. The zero-order valence-electron chi connectivity index (χ0n) is 19.3. The van der Waals surface area contributed by atoms with E-state index < -0.39 is 0 Å². The van der Waals surface area contributed by atoms with Crippen LogP contribution in [0.1, 0.15) is 28.8 Å². The number of nitrogens with one attached hydrogen (secondary N) is 1. The summed E-state index contributed by atoms with van der Waals surface area (Å²) in [6.07, 6.45) is 4.86. The number of ether oxygens (including phenoxy) is 1. The Hall–Kier alpha value is -2.97. The highest BCUT2D eigenvalue weighted by molar-refractivity contribution is 5.93. The molecule has 4 rings (SSSR count). The lowest BCUT2D eigenvalue weighted by atomic mass is 10.1. The van der Waals surface area contributed by atoms with Crippen LogP contribution in [-0.2, 0) is 11.3 Å².